The zero-order valence-electron chi connectivity index (χ0n) is 14.0. The molecule has 5 nitrogen and oxygen atoms in total. The zero-order valence-corrected chi connectivity index (χ0v) is 14.0. The van der Waals surface area contributed by atoms with Crippen molar-refractivity contribution in [3.8, 4) is 0 Å². The van der Waals surface area contributed by atoms with Gasteiger partial charge in [0.25, 0.3) is 0 Å². The Hall–Kier alpha value is -0.650. The molecule has 2 N–H and O–H groups in total. The first-order valence-corrected chi connectivity index (χ1v) is 8.85. The van der Waals surface area contributed by atoms with Crippen LogP contribution in [0.1, 0.15) is 65.2 Å². The molecule has 0 aromatic heterocycles. The summed E-state index contributed by atoms with van der Waals surface area (Å²) in [6, 6.07) is -0.528. The van der Waals surface area contributed by atoms with Crippen LogP contribution in [0, 0.1) is 0 Å². The van der Waals surface area contributed by atoms with E-state index in [-0.39, 0.29) is 24.3 Å². The minimum absolute atomic E-state index is 0.0113. The standard InChI is InChI=1S/C17H31NO4/c1-3-11-20-16-12(2)21-17(19)14(18)9-6-10-15(16)22-13-7-4-5-8-13/h12-16H,3-11,18H2,1-2H3/t12-,14-,15-,16-/m0/s1. The normalized spacial score (nSPS) is 34.8. The highest BCUT2D eigenvalue weighted by atomic mass is 16.6. The SMILES string of the molecule is CCCO[C@H]1[C@H](C)OC(=O)[C@@H](N)CCC[C@@H]1OC1CCCC1. The molecule has 1 saturated heterocycles. The van der Waals surface area contributed by atoms with Crippen molar-refractivity contribution in [2.45, 2.75) is 95.7 Å². The Bertz CT molecular complexity index is 344. The number of nitrogens with two attached hydrogens (primary N) is 1. The van der Waals surface area contributed by atoms with Crippen LogP contribution in [0.15, 0.2) is 0 Å². The van der Waals surface area contributed by atoms with Crippen LogP contribution in [-0.4, -0.2) is 43.0 Å². The molecule has 2 aliphatic rings. The van der Waals surface area contributed by atoms with Gasteiger partial charge in [0, 0.05) is 6.61 Å². The highest BCUT2D eigenvalue weighted by Gasteiger charge is 2.35. The maximum Gasteiger partial charge on any atom is 0.323 e. The van der Waals surface area contributed by atoms with Gasteiger partial charge in [0.05, 0.1) is 12.2 Å². The molecular weight excluding hydrogens is 282 g/mol. The van der Waals surface area contributed by atoms with E-state index >= 15 is 0 Å². The first kappa shape index (κ1) is 17.7. The zero-order chi connectivity index (χ0) is 15.9. The number of esters is 1. The van der Waals surface area contributed by atoms with E-state index in [1.165, 1.54) is 12.8 Å². The molecule has 0 amide bonds. The minimum atomic E-state index is -0.528. The van der Waals surface area contributed by atoms with Crippen LogP contribution >= 0.6 is 0 Å². The average Bonchev–Trinajstić information content (AvgIpc) is 3.00. The van der Waals surface area contributed by atoms with E-state index in [4.69, 9.17) is 19.9 Å². The lowest BCUT2D eigenvalue weighted by Crippen LogP contribution is -2.44. The number of hydrogen-bond acceptors (Lipinski definition) is 5. The average molecular weight is 313 g/mol. The molecule has 1 aliphatic heterocycles. The molecule has 0 bridgehead atoms. The second kappa shape index (κ2) is 8.85. The second-order valence-corrected chi connectivity index (χ2v) is 6.60. The highest BCUT2D eigenvalue weighted by Crippen LogP contribution is 2.28. The number of hydrogen-bond donors (Lipinski definition) is 1. The summed E-state index contributed by atoms with van der Waals surface area (Å²) < 4.78 is 17.9. The van der Waals surface area contributed by atoms with Crippen molar-refractivity contribution in [2.75, 3.05) is 6.61 Å². The fourth-order valence-corrected chi connectivity index (χ4v) is 3.37. The third-order valence-corrected chi connectivity index (χ3v) is 4.62. The van der Waals surface area contributed by atoms with Gasteiger partial charge in [0.15, 0.2) is 0 Å². The summed E-state index contributed by atoms with van der Waals surface area (Å²) in [5, 5.41) is 0. The molecule has 0 unspecified atom stereocenters. The molecule has 1 heterocycles. The number of carbonyl (C=O) groups excluding carboxylic acids is 1. The lowest BCUT2D eigenvalue weighted by Gasteiger charge is -2.32. The Balaban J connectivity index is 2.06. The van der Waals surface area contributed by atoms with E-state index < -0.39 is 6.04 Å². The molecule has 22 heavy (non-hydrogen) atoms. The van der Waals surface area contributed by atoms with E-state index in [1.54, 1.807) is 0 Å². The summed E-state index contributed by atoms with van der Waals surface area (Å²) in [6.45, 7) is 4.62. The Kier molecular flexibility index (Phi) is 7.12. The molecular formula is C17H31NO4. The molecule has 5 heteroatoms. The fraction of sp³-hybridized carbons (Fsp3) is 0.941. The number of ether oxygens (including phenoxy) is 3. The maximum atomic E-state index is 12.0. The summed E-state index contributed by atoms with van der Waals surface area (Å²) in [7, 11) is 0. The summed E-state index contributed by atoms with van der Waals surface area (Å²) in [5.74, 6) is -0.320. The van der Waals surface area contributed by atoms with Gasteiger partial charge in [-0.05, 0) is 45.4 Å². The van der Waals surface area contributed by atoms with Crippen molar-refractivity contribution in [3.63, 3.8) is 0 Å². The third kappa shape index (κ3) is 4.93. The third-order valence-electron chi connectivity index (χ3n) is 4.62. The summed E-state index contributed by atoms with van der Waals surface area (Å²) in [4.78, 5) is 12.0. The molecule has 0 aromatic rings. The van der Waals surface area contributed by atoms with E-state index in [1.807, 2.05) is 6.92 Å². The minimum Gasteiger partial charge on any atom is -0.459 e. The lowest BCUT2D eigenvalue weighted by atomic mass is 10.0. The molecule has 2 fully saturated rings. The van der Waals surface area contributed by atoms with E-state index in [0.717, 1.165) is 32.1 Å². The van der Waals surface area contributed by atoms with Crippen LogP contribution in [-0.2, 0) is 19.0 Å². The Morgan fingerprint density at radius 1 is 1.18 bits per heavy atom. The Labute approximate surface area is 133 Å². The van der Waals surface area contributed by atoms with Crippen LogP contribution in [0.5, 0.6) is 0 Å². The Morgan fingerprint density at radius 3 is 2.59 bits per heavy atom. The maximum absolute atomic E-state index is 12.0. The quantitative estimate of drug-likeness (QED) is 0.790. The lowest BCUT2D eigenvalue weighted by molar-refractivity contribution is -0.171. The summed E-state index contributed by atoms with van der Waals surface area (Å²) >= 11 is 0. The van der Waals surface area contributed by atoms with Gasteiger partial charge in [-0.2, -0.15) is 0 Å². The van der Waals surface area contributed by atoms with E-state index in [0.29, 0.717) is 19.1 Å². The monoisotopic (exact) mass is 313 g/mol. The van der Waals surface area contributed by atoms with Gasteiger partial charge in [-0.3, -0.25) is 4.79 Å². The smallest absolute Gasteiger partial charge is 0.323 e. The van der Waals surface area contributed by atoms with Gasteiger partial charge in [0.1, 0.15) is 18.2 Å². The number of cyclic esters (lactones) is 1. The highest BCUT2D eigenvalue weighted by molar-refractivity contribution is 5.75. The van der Waals surface area contributed by atoms with Gasteiger partial charge in [0.2, 0.25) is 0 Å². The van der Waals surface area contributed by atoms with Crippen molar-refractivity contribution < 1.29 is 19.0 Å². The van der Waals surface area contributed by atoms with Crippen molar-refractivity contribution in [3.05, 3.63) is 0 Å². The van der Waals surface area contributed by atoms with Gasteiger partial charge in [-0.15, -0.1) is 0 Å². The first-order chi connectivity index (χ1) is 10.6. The van der Waals surface area contributed by atoms with Crippen LogP contribution in [0.4, 0.5) is 0 Å². The topological polar surface area (TPSA) is 70.8 Å². The predicted octanol–water partition coefficient (Wildman–Crippen LogP) is 2.55. The van der Waals surface area contributed by atoms with Crippen molar-refractivity contribution in [2.24, 2.45) is 5.73 Å². The van der Waals surface area contributed by atoms with Crippen molar-refractivity contribution >= 4 is 5.97 Å². The van der Waals surface area contributed by atoms with Gasteiger partial charge >= 0.3 is 5.97 Å². The molecule has 0 spiro atoms. The summed E-state index contributed by atoms with van der Waals surface area (Å²) in [6.07, 6.45) is 7.87. The first-order valence-electron chi connectivity index (χ1n) is 8.85. The number of rotatable bonds is 5. The van der Waals surface area contributed by atoms with Crippen LogP contribution < -0.4 is 5.73 Å². The van der Waals surface area contributed by atoms with Crippen LogP contribution in [0.3, 0.4) is 0 Å². The Morgan fingerprint density at radius 2 is 1.91 bits per heavy atom. The van der Waals surface area contributed by atoms with Crippen LogP contribution in [0.2, 0.25) is 0 Å². The molecule has 1 saturated carbocycles. The van der Waals surface area contributed by atoms with Crippen LogP contribution in [0.25, 0.3) is 0 Å². The summed E-state index contributed by atoms with van der Waals surface area (Å²) in [5.41, 5.74) is 5.88. The number of carbonyl (C=O) groups is 1. The van der Waals surface area contributed by atoms with Gasteiger partial charge in [-0.1, -0.05) is 19.8 Å². The molecule has 4 atom stereocenters. The fourth-order valence-electron chi connectivity index (χ4n) is 3.37. The molecule has 0 aromatic carbocycles. The molecule has 0 radical (unpaired) electrons. The van der Waals surface area contributed by atoms with Gasteiger partial charge < -0.3 is 19.9 Å². The molecule has 1 aliphatic carbocycles. The predicted molar refractivity (Wildman–Crippen MR) is 84.5 cm³/mol. The second-order valence-electron chi connectivity index (χ2n) is 6.60. The van der Waals surface area contributed by atoms with Crippen molar-refractivity contribution in [1.82, 2.24) is 0 Å². The van der Waals surface area contributed by atoms with E-state index in [9.17, 15) is 4.79 Å². The largest absolute Gasteiger partial charge is 0.459 e. The van der Waals surface area contributed by atoms with Crippen molar-refractivity contribution in [1.29, 1.82) is 0 Å². The van der Waals surface area contributed by atoms with E-state index in [2.05, 4.69) is 6.92 Å². The molecule has 128 valence electrons. The van der Waals surface area contributed by atoms with Gasteiger partial charge in [-0.25, -0.2) is 0 Å². The molecule has 2 rings (SSSR count).